The largest absolute Gasteiger partial charge is 0.493 e. The highest BCUT2D eigenvalue weighted by Crippen LogP contribution is 2.36. The second kappa shape index (κ2) is 8.55. The van der Waals surface area contributed by atoms with Gasteiger partial charge in [-0.1, -0.05) is 31.7 Å². The van der Waals surface area contributed by atoms with Gasteiger partial charge in [-0.3, -0.25) is 9.20 Å². The summed E-state index contributed by atoms with van der Waals surface area (Å²) in [5, 5.41) is 3.11. The number of hydrogen-bond donors (Lipinski definition) is 1. The number of benzene rings is 1. The first kappa shape index (κ1) is 19.3. The minimum absolute atomic E-state index is 0.0317. The average molecular weight is 393 g/mol. The van der Waals surface area contributed by atoms with Crippen molar-refractivity contribution < 1.29 is 14.3 Å². The van der Waals surface area contributed by atoms with E-state index in [2.05, 4.69) is 5.32 Å². The van der Waals surface area contributed by atoms with E-state index < -0.39 is 0 Å². The Bertz CT molecular complexity index is 1010. The van der Waals surface area contributed by atoms with Gasteiger partial charge in [-0.05, 0) is 42.7 Å². The molecule has 0 aliphatic heterocycles. The van der Waals surface area contributed by atoms with Gasteiger partial charge in [0.2, 0.25) is 5.91 Å². The molecule has 3 aromatic rings. The Labute approximate surface area is 170 Å². The number of nitrogens with zero attached hydrogens (tertiary/aromatic N) is 2. The van der Waals surface area contributed by atoms with E-state index in [4.69, 9.17) is 14.5 Å². The number of methoxy groups -OCH3 is 2. The average Bonchev–Trinajstić information content (AvgIpc) is 3.40. The number of carbonyl (C=O) groups is 1. The van der Waals surface area contributed by atoms with Crippen LogP contribution in [0.5, 0.6) is 11.5 Å². The highest BCUT2D eigenvalue weighted by atomic mass is 16.5. The number of rotatable bonds is 7. The number of ether oxygens (including phenoxy) is 2. The maximum absolute atomic E-state index is 12.7. The minimum atomic E-state index is 0.0317. The molecule has 6 heteroatoms. The molecular weight excluding hydrogens is 366 g/mol. The van der Waals surface area contributed by atoms with Crippen LogP contribution in [0.15, 0.2) is 42.6 Å². The highest BCUT2D eigenvalue weighted by molar-refractivity contribution is 5.94. The number of fused-ring (bicyclic) bond motifs is 1. The second-order valence-electron chi connectivity index (χ2n) is 7.54. The van der Waals surface area contributed by atoms with Crippen LogP contribution in [0.3, 0.4) is 0 Å². The Balaban J connectivity index is 1.65. The lowest BCUT2D eigenvalue weighted by molar-refractivity contribution is -0.116. The molecule has 0 spiro atoms. The molecule has 0 unspecified atom stereocenters. The van der Waals surface area contributed by atoms with Gasteiger partial charge in [-0.15, -0.1) is 0 Å². The summed E-state index contributed by atoms with van der Waals surface area (Å²) in [5.74, 6) is 2.68. The quantitative estimate of drug-likeness (QED) is 0.618. The standard InChI is InChI=1S/C23H27N3O3/c1-28-18-12-11-17(15-19(18)29-2)22-23(26-14-6-5-9-20(26)24-22)25-21(27)13-10-16-7-3-4-8-16/h5-6,9,11-12,14-16H,3-4,7-8,10,13H2,1-2H3,(H,25,27). The SMILES string of the molecule is COc1ccc(-c2nc3ccccn3c2NC(=O)CCC2CCCC2)cc1OC. The Morgan fingerprint density at radius 1 is 1.14 bits per heavy atom. The normalized spacial score (nSPS) is 14.3. The first-order chi connectivity index (χ1) is 14.2. The molecule has 0 atom stereocenters. The lowest BCUT2D eigenvalue weighted by atomic mass is 10.0. The molecule has 1 aromatic carbocycles. The smallest absolute Gasteiger partial charge is 0.225 e. The highest BCUT2D eigenvalue weighted by Gasteiger charge is 2.20. The summed E-state index contributed by atoms with van der Waals surface area (Å²) in [4.78, 5) is 17.5. The molecule has 1 N–H and O–H groups in total. The summed E-state index contributed by atoms with van der Waals surface area (Å²) < 4.78 is 12.7. The Morgan fingerprint density at radius 3 is 2.69 bits per heavy atom. The molecule has 0 bridgehead atoms. The molecule has 2 aromatic heterocycles. The molecule has 4 rings (SSSR count). The molecule has 6 nitrogen and oxygen atoms in total. The Kier molecular flexibility index (Phi) is 5.69. The Hall–Kier alpha value is -3.02. The summed E-state index contributed by atoms with van der Waals surface area (Å²) in [5.41, 5.74) is 2.35. The fourth-order valence-corrected chi connectivity index (χ4v) is 4.13. The van der Waals surface area contributed by atoms with Crippen LogP contribution >= 0.6 is 0 Å². The predicted octanol–water partition coefficient (Wildman–Crippen LogP) is 4.93. The molecule has 1 aliphatic rings. The topological polar surface area (TPSA) is 64.9 Å². The van der Waals surface area contributed by atoms with Crippen molar-refractivity contribution >= 4 is 17.4 Å². The zero-order valence-corrected chi connectivity index (χ0v) is 17.0. The summed E-state index contributed by atoms with van der Waals surface area (Å²) >= 11 is 0. The molecule has 1 saturated carbocycles. The van der Waals surface area contributed by atoms with Crippen molar-refractivity contribution in [1.29, 1.82) is 0 Å². The van der Waals surface area contributed by atoms with Crippen LogP contribution in [0.2, 0.25) is 0 Å². The molecule has 0 saturated heterocycles. The molecule has 1 aliphatic carbocycles. The lowest BCUT2D eigenvalue weighted by Gasteiger charge is -2.12. The van der Waals surface area contributed by atoms with Crippen LogP contribution in [0.25, 0.3) is 16.9 Å². The van der Waals surface area contributed by atoms with Gasteiger partial charge >= 0.3 is 0 Å². The number of imidazole rings is 1. The molecule has 1 fully saturated rings. The van der Waals surface area contributed by atoms with Crippen LogP contribution in [0, 0.1) is 5.92 Å². The third-order valence-electron chi connectivity index (χ3n) is 5.70. The van der Waals surface area contributed by atoms with Gasteiger partial charge < -0.3 is 14.8 Å². The van der Waals surface area contributed by atoms with Crippen molar-refractivity contribution in [3.05, 3.63) is 42.6 Å². The van der Waals surface area contributed by atoms with Crippen LogP contribution in [0.4, 0.5) is 5.82 Å². The van der Waals surface area contributed by atoms with Crippen LogP contribution in [-0.2, 0) is 4.79 Å². The number of pyridine rings is 1. The minimum Gasteiger partial charge on any atom is -0.493 e. The molecule has 0 radical (unpaired) electrons. The van der Waals surface area contributed by atoms with E-state index in [-0.39, 0.29) is 5.91 Å². The van der Waals surface area contributed by atoms with Gasteiger partial charge in [0.05, 0.1) is 14.2 Å². The second-order valence-corrected chi connectivity index (χ2v) is 7.54. The molecule has 152 valence electrons. The third kappa shape index (κ3) is 4.06. The molecule has 1 amide bonds. The van der Waals surface area contributed by atoms with Gasteiger partial charge in [0.25, 0.3) is 0 Å². The van der Waals surface area contributed by atoms with Crippen molar-refractivity contribution in [2.45, 2.75) is 38.5 Å². The van der Waals surface area contributed by atoms with Crippen molar-refractivity contribution in [3.8, 4) is 22.8 Å². The van der Waals surface area contributed by atoms with Crippen molar-refractivity contribution in [1.82, 2.24) is 9.38 Å². The van der Waals surface area contributed by atoms with Crippen molar-refractivity contribution in [3.63, 3.8) is 0 Å². The number of nitrogens with one attached hydrogen (secondary N) is 1. The van der Waals surface area contributed by atoms with E-state index in [0.717, 1.165) is 17.6 Å². The monoisotopic (exact) mass is 393 g/mol. The number of anilines is 1. The zero-order valence-electron chi connectivity index (χ0n) is 17.0. The van der Waals surface area contributed by atoms with Gasteiger partial charge in [-0.2, -0.15) is 0 Å². The summed E-state index contributed by atoms with van der Waals surface area (Å²) in [6.45, 7) is 0. The molecule has 2 heterocycles. The van der Waals surface area contributed by atoms with Crippen molar-refractivity contribution in [2.24, 2.45) is 5.92 Å². The fourth-order valence-electron chi connectivity index (χ4n) is 4.13. The number of aromatic nitrogens is 2. The summed E-state index contributed by atoms with van der Waals surface area (Å²) in [6, 6.07) is 11.5. The Morgan fingerprint density at radius 2 is 1.93 bits per heavy atom. The maximum atomic E-state index is 12.7. The van der Waals surface area contributed by atoms with E-state index in [9.17, 15) is 4.79 Å². The fraction of sp³-hybridized carbons (Fsp3) is 0.391. The third-order valence-corrected chi connectivity index (χ3v) is 5.70. The lowest BCUT2D eigenvalue weighted by Crippen LogP contribution is -2.14. The van der Waals surface area contributed by atoms with E-state index >= 15 is 0 Å². The number of carbonyl (C=O) groups excluding carboxylic acids is 1. The zero-order chi connectivity index (χ0) is 20.2. The summed E-state index contributed by atoms with van der Waals surface area (Å²) in [6.07, 6.45) is 8.50. The van der Waals surface area contributed by atoms with Gasteiger partial charge in [-0.25, -0.2) is 4.98 Å². The number of hydrogen-bond acceptors (Lipinski definition) is 4. The van der Waals surface area contributed by atoms with Crippen LogP contribution < -0.4 is 14.8 Å². The molecule has 29 heavy (non-hydrogen) atoms. The van der Waals surface area contributed by atoms with Gasteiger partial charge in [0.15, 0.2) is 11.5 Å². The first-order valence-electron chi connectivity index (χ1n) is 10.2. The van der Waals surface area contributed by atoms with Crippen molar-refractivity contribution in [2.75, 3.05) is 19.5 Å². The van der Waals surface area contributed by atoms with Crippen LogP contribution in [0.1, 0.15) is 38.5 Å². The maximum Gasteiger partial charge on any atom is 0.225 e. The van der Waals surface area contributed by atoms with Gasteiger partial charge in [0.1, 0.15) is 17.2 Å². The van der Waals surface area contributed by atoms with E-state index in [0.29, 0.717) is 35.3 Å². The molecular formula is C23H27N3O3. The first-order valence-corrected chi connectivity index (χ1v) is 10.2. The van der Waals surface area contributed by atoms with Gasteiger partial charge in [0, 0.05) is 18.2 Å². The van der Waals surface area contributed by atoms with E-state index in [1.807, 2.05) is 47.0 Å². The predicted molar refractivity (Wildman–Crippen MR) is 114 cm³/mol. The van der Waals surface area contributed by atoms with E-state index in [1.165, 1.54) is 25.7 Å². The van der Waals surface area contributed by atoms with Crippen LogP contribution in [-0.4, -0.2) is 29.5 Å². The van der Waals surface area contributed by atoms with E-state index in [1.54, 1.807) is 14.2 Å². The summed E-state index contributed by atoms with van der Waals surface area (Å²) in [7, 11) is 3.22. The number of amides is 1.